The molecule has 0 saturated heterocycles. The second kappa shape index (κ2) is 4.90. The first-order valence-electron chi connectivity index (χ1n) is 6.03. The van der Waals surface area contributed by atoms with Crippen molar-refractivity contribution in [1.29, 1.82) is 0 Å². The number of nitrogens with two attached hydrogens (primary N) is 1. The largest absolute Gasteiger partial charge is 0.399 e. The van der Waals surface area contributed by atoms with Gasteiger partial charge in [-0.3, -0.25) is 0 Å². The molecule has 0 spiro atoms. The highest BCUT2D eigenvalue weighted by atomic mass is 79.9. The van der Waals surface area contributed by atoms with Gasteiger partial charge >= 0.3 is 0 Å². The highest BCUT2D eigenvalue weighted by Gasteiger charge is 2.13. The molecule has 0 saturated carbocycles. The Balaban J connectivity index is 2.08. The van der Waals surface area contributed by atoms with Crippen LogP contribution in [0.1, 0.15) is 5.56 Å². The summed E-state index contributed by atoms with van der Waals surface area (Å²) in [7, 11) is 0. The molecule has 2 aromatic carbocycles. The van der Waals surface area contributed by atoms with Crippen LogP contribution in [0.3, 0.4) is 0 Å². The van der Waals surface area contributed by atoms with E-state index < -0.39 is 11.6 Å². The topological polar surface area (TPSA) is 30.9 Å². The van der Waals surface area contributed by atoms with E-state index in [0.29, 0.717) is 5.69 Å². The lowest BCUT2D eigenvalue weighted by atomic mass is 10.2. The number of aromatic nitrogens is 1. The van der Waals surface area contributed by atoms with Gasteiger partial charge in [0.1, 0.15) is 11.6 Å². The summed E-state index contributed by atoms with van der Waals surface area (Å²) in [6.45, 7) is 0.129. The molecule has 102 valence electrons. The van der Waals surface area contributed by atoms with E-state index in [9.17, 15) is 8.78 Å². The minimum Gasteiger partial charge on any atom is -0.399 e. The predicted octanol–water partition coefficient (Wildman–Crippen LogP) is 4.31. The standard InChI is InChI=1S/C15H11BrF2N2/c16-12-2-3-13(17)11(15(12)18)8-20-6-5-9-7-10(19)1-4-14(9)20/h1-7H,8,19H2. The molecule has 0 aliphatic rings. The van der Waals surface area contributed by atoms with Crippen molar-refractivity contribution in [3.8, 4) is 0 Å². The third-order valence-electron chi connectivity index (χ3n) is 3.26. The van der Waals surface area contributed by atoms with Crippen LogP contribution in [-0.2, 0) is 6.54 Å². The van der Waals surface area contributed by atoms with Crippen molar-refractivity contribution in [3.63, 3.8) is 0 Å². The highest BCUT2D eigenvalue weighted by molar-refractivity contribution is 9.10. The molecule has 0 radical (unpaired) electrons. The normalized spacial score (nSPS) is 11.2. The molecule has 3 rings (SSSR count). The third kappa shape index (κ3) is 2.18. The Kier molecular flexibility index (Phi) is 3.22. The Morgan fingerprint density at radius 3 is 2.70 bits per heavy atom. The number of nitrogens with zero attached hydrogens (tertiary/aromatic N) is 1. The number of benzene rings is 2. The van der Waals surface area contributed by atoms with Gasteiger partial charge < -0.3 is 10.3 Å². The number of anilines is 1. The quantitative estimate of drug-likeness (QED) is 0.548. The molecule has 3 aromatic rings. The van der Waals surface area contributed by atoms with E-state index in [2.05, 4.69) is 15.9 Å². The molecule has 1 aromatic heterocycles. The molecule has 2 N–H and O–H groups in total. The lowest BCUT2D eigenvalue weighted by molar-refractivity contribution is 0.543. The monoisotopic (exact) mass is 336 g/mol. The van der Waals surface area contributed by atoms with Crippen LogP contribution in [0.25, 0.3) is 10.9 Å². The lowest BCUT2D eigenvalue weighted by Gasteiger charge is -2.09. The summed E-state index contributed by atoms with van der Waals surface area (Å²) in [6, 6.07) is 9.94. The highest BCUT2D eigenvalue weighted by Crippen LogP contribution is 2.25. The van der Waals surface area contributed by atoms with Gasteiger partial charge in [0, 0.05) is 28.4 Å². The van der Waals surface area contributed by atoms with E-state index in [1.807, 2.05) is 18.2 Å². The van der Waals surface area contributed by atoms with E-state index in [1.54, 1.807) is 16.8 Å². The summed E-state index contributed by atoms with van der Waals surface area (Å²) in [5.41, 5.74) is 7.30. The average Bonchev–Trinajstić information content (AvgIpc) is 2.81. The minimum absolute atomic E-state index is 0.0358. The Labute approximate surface area is 122 Å². The van der Waals surface area contributed by atoms with Crippen LogP contribution in [0.15, 0.2) is 47.1 Å². The summed E-state index contributed by atoms with van der Waals surface area (Å²) >= 11 is 3.08. The fourth-order valence-electron chi connectivity index (χ4n) is 2.24. The van der Waals surface area contributed by atoms with Gasteiger partial charge in [0.05, 0.1) is 11.0 Å². The second-order valence-electron chi connectivity index (χ2n) is 4.58. The molecule has 2 nitrogen and oxygen atoms in total. The number of rotatable bonds is 2. The third-order valence-corrected chi connectivity index (χ3v) is 3.87. The van der Waals surface area contributed by atoms with Crippen LogP contribution in [0.2, 0.25) is 0 Å². The van der Waals surface area contributed by atoms with Gasteiger partial charge in [-0.2, -0.15) is 0 Å². The summed E-state index contributed by atoms with van der Waals surface area (Å²) < 4.78 is 29.8. The lowest BCUT2D eigenvalue weighted by Crippen LogP contribution is -2.04. The molecule has 0 amide bonds. The summed E-state index contributed by atoms with van der Waals surface area (Å²) in [6.07, 6.45) is 1.80. The van der Waals surface area contributed by atoms with Crippen molar-refractivity contribution < 1.29 is 8.78 Å². The van der Waals surface area contributed by atoms with Gasteiger partial charge in [0.25, 0.3) is 0 Å². The minimum atomic E-state index is -0.567. The van der Waals surface area contributed by atoms with E-state index in [1.165, 1.54) is 12.1 Å². The SMILES string of the molecule is Nc1ccc2c(ccn2Cc2c(F)ccc(Br)c2F)c1. The maximum atomic E-state index is 14.0. The van der Waals surface area contributed by atoms with Gasteiger partial charge in [-0.1, -0.05) is 0 Å². The van der Waals surface area contributed by atoms with Crippen LogP contribution >= 0.6 is 15.9 Å². The smallest absolute Gasteiger partial charge is 0.145 e. The molecule has 0 aliphatic heterocycles. The first kappa shape index (κ1) is 13.1. The Hall–Kier alpha value is -1.88. The number of halogens is 3. The second-order valence-corrected chi connectivity index (χ2v) is 5.44. The van der Waals surface area contributed by atoms with E-state index in [-0.39, 0.29) is 16.6 Å². The Morgan fingerprint density at radius 2 is 1.90 bits per heavy atom. The van der Waals surface area contributed by atoms with Crippen molar-refractivity contribution >= 4 is 32.5 Å². The maximum Gasteiger partial charge on any atom is 0.145 e. The summed E-state index contributed by atoms with van der Waals surface area (Å²) in [5.74, 6) is -1.12. The van der Waals surface area contributed by atoms with Crippen LogP contribution in [0, 0.1) is 11.6 Å². The van der Waals surface area contributed by atoms with Gasteiger partial charge in [-0.25, -0.2) is 8.78 Å². The molecular formula is C15H11BrF2N2. The van der Waals surface area contributed by atoms with Gasteiger partial charge in [-0.15, -0.1) is 0 Å². The van der Waals surface area contributed by atoms with Crippen molar-refractivity contribution in [3.05, 3.63) is 64.3 Å². The number of hydrogen-bond acceptors (Lipinski definition) is 1. The van der Waals surface area contributed by atoms with E-state index in [0.717, 1.165) is 10.9 Å². The molecule has 5 heteroatoms. The first-order chi connectivity index (χ1) is 9.56. The van der Waals surface area contributed by atoms with Crippen LogP contribution in [-0.4, -0.2) is 4.57 Å². The zero-order valence-corrected chi connectivity index (χ0v) is 12.0. The number of fused-ring (bicyclic) bond motifs is 1. The van der Waals surface area contributed by atoms with Gasteiger partial charge in [0.2, 0.25) is 0 Å². The van der Waals surface area contributed by atoms with Crippen LogP contribution in [0.5, 0.6) is 0 Å². The summed E-state index contributed by atoms with van der Waals surface area (Å²) in [4.78, 5) is 0. The number of hydrogen-bond donors (Lipinski definition) is 1. The van der Waals surface area contributed by atoms with Crippen LogP contribution in [0.4, 0.5) is 14.5 Å². The molecule has 0 bridgehead atoms. The van der Waals surface area contributed by atoms with Gasteiger partial charge in [0.15, 0.2) is 0 Å². The van der Waals surface area contributed by atoms with Crippen molar-refractivity contribution in [2.75, 3.05) is 5.73 Å². The molecule has 0 atom stereocenters. The summed E-state index contributed by atoms with van der Waals surface area (Å²) in [5, 5.41) is 0.945. The van der Waals surface area contributed by atoms with E-state index >= 15 is 0 Å². The predicted molar refractivity (Wildman–Crippen MR) is 79.5 cm³/mol. The van der Waals surface area contributed by atoms with Gasteiger partial charge in [-0.05, 0) is 52.3 Å². The maximum absolute atomic E-state index is 14.0. The van der Waals surface area contributed by atoms with Crippen molar-refractivity contribution in [2.45, 2.75) is 6.54 Å². The van der Waals surface area contributed by atoms with Crippen LogP contribution < -0.4 is 5.73 Å². The van der Waals surface area contributed by atoms with E-state index in [4.69, 9.17) is 5.73 Å². The molecular weight excluding hydrogens is 326 g/mol. The fourth-order valence-corrected chi connectivity index (χ4v) is 2.61. The Bertz CT molecular complexity index is 796. The average molecular weight is 337 g/mol. The zero-order valence-electron chi connectivity index (χ0n) is 10.4. The first-order valence-corrected chi connectivity index (χ1v) is 6.82. The molecule has 0 unspecified atom stereocenters. The molecule has 0 aliphatic carbocycles. The zero-order chi connectivity index (χ0) is 14.3. The molecule has 0 fully saturated rings. The molecule has 20 heavy (non-hydrogen) atoms. The fraction of sp³-hybridized carbons (Fsp3) is 0.0667. The van der Waals surface area contributed by atoms with Crippen molar-refractivity contribution in [1.82, 2.24) is 4.57 Å². The molecule has 1 heterocycles. The Morgan fingerprint density at radius 1 is 1.10 bits per heavy atom. The van der Waals surface area contributed by atoms with Crippen molar-refractivity contribution in [2.24, 2.45) is 0 Å². The number of nitrogen functional groups attached to an aromatic ring is 1.